The van der Waals surface area contributed by atoms with Gasteiger partial charge in [-0.05, 0) is 23.5 Å². The van der Waals surface area contributed by atoms with E-state index in [-0.39, 0.29) is 17.9 Å². The Labute approximate surface area is 120 Å². The lowest BCUT2D eigenvalue weighted by Crippen LogP contribution is -2.34. The lowest BCUT2D eigenvalue weighted by Gasteiger charge is -2.27. The van der Waals surface area contributed by atoms with Gasteiger partial charge in [0.25, 0.3) is 5.91 Å². The molecular formula is C16H22N2O2. The summed E-state index contributed by atoms with van der Waals surface area (Å²) in [4.78, 5) is 16.2. The molecule has 1 aromatic rings. The molecule has 0 bridgehead atoms. The number of hydrogen-bond donors (Lipinski definition) is 2. The molecule has 20 heavy (non-hydrogen) atoms. The van der Waals surface area contributed by atoms with Gasteiger partial charge < -0.3 is 10.4 Å². The molecule has 4 heteroatoms. The second-order valence-electron chi connectivity index (χ2n) is 5.84. The maximum Gasteiger partial charge on any atom is 0.271 e. The first-order valence-corrected chi connectivity index (χ1v) is 6.69. The second kappa shape index (κ2) is 7.06. The van der Waals surface area contributed by atoms with Gasteiger partial charge in [-0.1, -0.05) is 39.5 Å². The van der Waals surface area contributed by atoms with Gasteiger partial charge >= 0.3 is 0 Å². The van der Waals surface area contributed by atoms with Crippen molar-refractivity contribution in [3.05, 3.63) is 29.6 Å². The Hall–Kier alpha value is -1.86. The van der Waals surface area contributed by atoms with Crippen molar-refractivity contribution in [1.82, 2.24) is 10.3 Å². The first-order chi connectivity index (χ1) is 9.36. The lowest BCUT2D eigenvalue weighted by molar-refractivity contribution is 0.0932. The van der Waals surface area contributed by atoms with Crippen LogP contribution in [0.5, 0.6) is 0 Å². The summed E-state index contributed by atoms with van der Waals surface area (Å²) in [7, 11) is 0. The number of aliphatic hydroxyl groups excluding tert-OH is 1. The Bertz CT molecular complexity index is 521. The number of nitrogens with zero attached hydrogens (tertiary/aromatic N) is 1. The summed E-state index contributed by atoms with van der Waals surface area (Å²) in [6.45, 7) is 8.88. The zero-order valence-corrected chi connectivity index (χ0v) is 12.5. The highest BCUT2D eigenvalue weighted by Gasteiger charge is 2.21. The molecule has 2 N–H and O–H groups in total. The van der Waals surface area contributed by atoms with Crippen LogP contribution in [0.25, 0.3) is 0 Å². The average molecular weight is 274 g/mol. The quantitative estimate of drug-likeness (QED) is 0.827. The highest BCUT2D eigenvalue weighted by molar-refractivity contribution is 5.94. The van der Waals surface area contributed by atoms with Gasteiger partial charge in [0.05, 0.1) is 5.56 Å². The average Bonchev–Trinajstić information content (AvgIpc) is 2.41. The van der Waals surface area contributed by atoms with Gasteiger partial charge in [0, 0.05) is 12.7 Å². The van der Waals surface area contributed by atoms with Crippen molar-refractivity contribution in [1.29, 1.82) is 0 Å². The molecule has 0 saturated heterocycles. The fourth-order valence-electron chi connectivity index (χ4n) is 1.46. The topological polar surface area (TPSA) is 62.2 Å². The number of carbonyl (C=O) groups excluding carboxylic acids is 1. The predicted octanol–water partition coefficient (Wildman–Crippen LogP) is 1.84. The van der Waals surface area contributed by atoms with Crippen LogP contribution < -0.4 is 5.32 Å². The third-order valence-electron chi connectivity index (χ3n) is 3.37. The smallest absolute Gasteiger partial charge is 0.271 e. The van der Waals surface area contributed by atoms with E-state index in [0.29, 0.717) is 23.7 Å². The molecule has 4 nitrogen and oxygen atoms in total. The number of aromatic nitrogens is 1. The summed E-state index contributed by atoms with van der Waals surface area (Å²) in [5.74, 6) is 5.39. The first-order valence-electron chi connectivity index (χ1n) is 6.69. The van der Waals surface area contributed by atoms with Crippen molar-refractivity contribution >= 4 is 5.91 Å². The van der Waals surface area contributed by atoms with Gasteiger partial charge in [-0.25, -0.2) is 4.98 Å². The van der Waals surface area contributed by atoms with E-state index in [0.717, 1.165) is 0 Å². The fourth-order valence-corrected chi connectivity index (χ4v) is 1.46. The molecule has 1 atom stereocenters. The van der Waals surface area contributed by atoms with Crippen molar-refractivity contribution in [2.24, 2.45) is 11.3 Å². The second-order valence-corrected chi connectivity index (χ2v) is 5.84. The number of rotatable bonds is 3. The van der Waals surface area contributed by atoms with E-state index in [4.69, 9.17) is 5.11 Å². The van der Waals surface area contributed by atoms with Crippen molar-refractivity contribution in [2.75, 3.05) is 13.2 Å². The number of carbonyl (C=O) groups is 1. The van der Waals surface area contributed by atoms with E-state index >= 15 is 0 Å². The lowest BCUT2D eigenvalue weighted by atomic mass is 9.82. The first kappa shape index (κ1) is 16.2. The Morgan fingerprint density at radius 2 is 2.20 bits per heavy atom. The van der Waals surface area contributed by atoms with E-state index in [1.165, 1.54) is 0 Å². The number of amides is 1. The molecule has 0 aliphatic rings. The van der Waals surface area contributed by atoms with Crippen LogP contribution >= 0.6 is 0 Å². The normalized spacial score (nSPS) is 12.2. The molecule has 0 aliphatic heterocycles. The molecule has 1 aromatic heterocycles. The largest absolute Gasteiger partial charge is 0.384 e. The maximum atomic E-state index is 12.2. The van der Waals surface area contributed by atoms with Crippen LogP contribution in [0.2, 0.25) is 0 Å². The number of nitrogens with one attached hydrogen (secondary N) is 1. The molecule has 1 heterocycles. The van der Waals surface area contributed by atoms with Crippen molar-refractivity contribution < 1.29 is 9.90 Å². The summed E-state index contributed by atoms with van der Waals surface area (Å²) in [5.41, 5.74) is 0.966. The van der Waals surface area contributed by atoms with Crippen LogP contribution in [0.4, 0.5) is 0 Å². The summed E-state index contributed by atoms with van der Waals surface area (Å²) >= 11 is 0. The third-order valence-corrected chi connectivity index (χ3v) is 3.37. The molecular weight excluding hydrogens is 252 g/mol. The van der Waals surface area contributed by atoms with E-state index in [9.17, 15) is 4.79 Å². The van der Waals surface area contributed by atoms with Crippen LogP contribution in [0.15, 0.2) is 18.3 Å². The minimum absolute atomic E-state index is 0.136. The highest BCUT2D eigenvalue weighted by atomic mass is 16.2. The molecule has 0 radical (unpaired) electrons. The zero-order chi connectivity index (χ0) is 15.2. The van der Waals surface area contributed by atoms with Crippen LogP contribution in [0.3, 0.4) is 0 Å². The molecule has 1 amide bonds. The molecule has 0 spiro atoms. The Morgan fingerprint density at radius 1 is 1.50 bits per heavy atom. The highest BCUT2D eigenvalue weighted by Crippen LogP contribution is 2.24. The number of aliphatic hydroxyl groups is 1. The number of pyridine rings is 1. The summed E-state index contributed by atoms with van der Waals surface area (Å²) in [6, 6.07) is 3.44. The standard InChI is InChI=1S/C16H22N2O2/c1-12(16(2,3)4)11-18-15(20)14-13(8-6-10-19)7-5-9-17-14/h5,7,9,12,19H,10-11H2,1-4H3,(H,18,20). The zero-order valence-electron chi connectivity index (χ0n) is 12.5. The van der Waals surface area contributed by atoms with Crippen LogP contribution in [0, 0.1) is 23.2 Å². The molecule has 1 unspecified atom stereocenters. The fraction of sp³-hybridized carbons (Fsp3) is 0.500. The summed E-state index contributed by atoms with van der Waals surface area (Å²) in [5, 5.41) is 11.6. The minimum Gasteiger partial charge on any atom is -0.384 e. The van der Waals surface area contributed by atoms with E-state index < -0.39 is 0 Å². The SMILES string of the molecule is CC(CNC(=O)c1ncccc1C#CCO)C(C)(C)C. The third kappa shape index (κ3) is 4.67. The van der Waals surface area contributed by atoms with Crippen LogP contribution in [-0.4, -0.2) is 29.1 Å². The van der Waals surface area contributed by atoms with E-state index in [2.05, 4.69) is 49.8 Å². The van der Waals surface area contributed by atoms with Crippen molar-refractivity contribution in [2.45, 2.75) is 27.7 Å². The molecule has 0 aliphatic carbocycles. The van der Waals surface area contributed by atoms with Crippen molar-refractivity contribution in [3.8, 4) is 11.8 Å². The minimum atomic E-state index is -0.239. The van der Waals surface area contributed by atoms with Crippen LogP contribution in [-0.2, 0) is 0 Å². The van der Waals surface area contributed by atoms with Gasteiger partial charge in [-0.3, -0.25) is 4.79 Å². The van der Waals surface area contributed by atoms with Gasteiger partial charge in [0.2, 0.25) is 0 Å². The Kier molecular flexibility index (Phi) is 5.72. The van der Waals surface area contributed by atoms with E-state index in [1.54, 1.807) is 18.3 Å². The predicted molar refractivity (Wildman–Crippen MR) is 79.2 cm³/mol. The molecule has 0 fully saturated rings. The molecule has 0 aromatic carbocycles. The summed E-state index contributed by atoms with van der Waals surface area (Å²) in [6.07, 6.45) is 1.56. The Morgan fingerprint density at radius 3 is 2.80 bits per heavy atom. The molecule has 1 rings (SSSR count). The van der Waals surface area contributed by atoms with Gasteiger partial charge in [-0.2, -0.15) is 0 Å². The molecule has 108 valence electrons. The monoisotopic (exact) mass is 274 g/mol. The molecule has 0 saturated carbocycles. The van der Waals surface area contributed by atoms with Crippen molar-refractivity contribution in [3.63, 3.8) is 0 Å². The Balaban J connectivity index is 2.78. The van der Waals surface area contributed by atoms with Gasteiger partial charge in [0.15, 0.2) is 0 Å². The maximum absolute atomic E-state index is 12.2. The van der Waals surface area contributed by atoms with Gasteiger partial charge in [-0.15, -0.1) is 0 Å². The number of hydrogen-bond acceptors (Lipinski definition) is 3. The van der Waals surface area contributed by atoms with Crippen LogP contribution in [0.1, 0.15) is 43.7 Å². The van der Waals surface area contributed by atoms with E-state index in [1.807, 2.05) is 0 Å². The summed E-state index contributed by atoms with van der Waals surface area (Å²) < 4.78 is 0. The van der Waals surface area contributed by atoms with Gasteiger partial charge in [0.1, 0.15) is 12.3 Å².